The first kappa shape index (κ1) is 17.4. The number of hydrogen-bond donors (Lipinski definition) is 1. The molecule has 0 saturated heterocycles. The van der Waals surface area contributed by atoms with Crippen LogP contribution in [0.2, 0.25) is 0 Å². The number of anilines is 1. The van der Waals surface area contributed by atoms with Crippen LogP contribution in [0.15, 0.2) is 35.7 Å². The average molecular weight is 400 g/mol. The quantitative estimate of drug-likeness (QED) is 0.562. The molecule has 0 aliphatic rings. The van der Waals surface area contributed by atoms with Gasteiger partial charge in [0, 0.05) is 0 Å². The van der Waals surface area contributed by atoms with E-state index >= 15 is 0 Å². The predicted octanol–water partition coefficient (Wildman–Crippen LogP) is 3.86. The summed E-state index contributed by atoms with van der Waals surface area (Å²) in [5, 5.41) is 16.6. The number of thiazole rings is 1. The fourth-order valence-electron chi connectivity index (χ4n) is 2.50. The van der Waals surface area contributed by atoms with Crippen molar-refractivity contribution in [3.8, 4) is 15.6 Å². The minimum absolute atomic E-state index is 0.0536. The summed E-state index contributed by atoms with van der Waals surface area (Å²) in [7, 11) is 0. The van der Waals surface area contributed by atoms with Gasteiger partial charge in [0.15, 0.2) is 5.82 Å². The zero-order valence-electron chi connectivity index (χ0n) is 14.3. The van der Waals surface area contributed by atoms with E-state index in [1.54, 1.807) is 31.3 Å². The van der Waals surface area contributed by atoms with Gasteiger partial charge in [0.25, 0.3) is 5.91 Å². The molecule has 3 heterocycles. The summed E-state index contributed by atoms with van der Waals surface area (Å²) in [4.78, 5) is 18.6. The molecule has 0 radical (unpaired) electrons. The van der Waals surface area contributed by atoms with Gasteiger partial charge in [-0.25, -0.2) is 9.37 Å². The number of halogens is 1. The first-order valence-electron chi connectivity index (χ1n) is 7.90. The SMILES string of the molecule is Cc1nc(-c2cccs2)sc1C(=O)Nc1cc(-n2nnnc2C)ccc1F. The second-order valence-corrected chi connectivity index (χ2v) is 7.61. The van der Waals surface area contributed by atoms with Gasteiger partial charge < -0.3 is 5.32 Å². The molecular weight excluding hydrogens is 387 g/mol. The highest BCUT2D eigenvalue weighted by Crippen LogP contribution is 2.31. The van der Waals surface area contributed by atoms with Crippen LogP contribution in [0.4, 0.5) is 10.1 Å². The molecule has 0 spiro atoms. The van der Waals surface area contributed by atoms with Gasteiger partial charge >= 0.3 is 0 Å². The first-order chi connectivity index (χ1) is 13.0. The predicted molar refractivity (Wildman–Crippen MR) is 102 cm³/mol. The number of nitrogens with zero attached hydrogens (tertiary/aromatic N) is 5. The molecule has 27 heavy (non-hydrogen) atoms. The molecule has 1 aromatic carbocycles. The third kappa shape index (κ3) is 3.36. The summed E-state index contributed by atoms with van der Waals surface area (Å²) < 4.78 is 15.7. The van der Waals surface area contributed by atoms with Crippen molar-refractivity contribution in [1.82, 2.24) is 25.2 Å². The molecule has 3 aromatic heterocycles. The van der Waals surface area contributed by atoms with Gasteiger partial charge in [-0.2, -0.15) is 4.68 Å². The zero-order chi connectivity index (χ0) is 19.0. The Hall–Kier alpha value is -2.98. The number of carbonyl (C=O) groups is 1. The van der Waals surface area contributed by atoms with E-state index in [1.165, 1.54) is 28.2 Å². The minimum atomic E-state index is -0.543. The van der Waals surface area contributed by atoms with Crippen molar-refractivity contribution in [3.05, 3.63) is 57.9 Å². The Bertz CT molecular complexity index is 1120. The summed E-state index contributed by atoms with van der Waals surface area (Å²) in [5.74, 6) is -0.395. The number of carbonyl (C=O) groups excluding carboxylic acids is 1. The van der Waals surface area contributed by atoms with E-state index in [0.29, 0.717) is 22.1 Å². The Balaban J connectivity index is 1.63. The number of thiophene rings is 1. The third-order valence-corrected chi connectivity index (χ3v) is 6.00. The maximum absolute atomic E-state index is 14.2. The Morgan fingerprint density at radius 1 is 1.26 bits per heavy atom. The lowest BCUT2D eigenvalue weighted by molar-refractivity contribution is 0.102. The first-order valence-corrected chi connectivity index (χ1v) is 9.60. The summed E-state index contributed by atoms with van der Waals surface area (Å²) in [6.45, 7) is 3.49. The number of aryl methyl sites for hydroxylation is 2. The van der Waals surface area contributed by atoms with Crippen LogP contribution in [-0.2, 0) is 0 Å². The van der Waals surface area contributed by atoms with Gasteiger partial charge in [-0.05, 0) is 53.9 Å². The molecule has 0 bridgehead atoms. The lowest BCUT2D eigenvalue weighted by Gasteiger charge is -2.08. The molecule has 136 valence electrons. The van der Waals surface area contributed by atoms with Crippen molar-refractivity contribution in [1.29, 1.82) is 0 Å². The largest absolute Gasteiger partial charge is 0.319 e. The van der Waals surface area contributed by atoms with Gasteiger partial charge in [-0.3, -0.25) is 4.79 Å². The molecule has 10 heteroatoms. The highest BCUT2D eigenvalue weighted by molar-refractivity contribution is 7.22. The summed E-state index contributed by atoms with van der Waals surface area (Å²) >= 11 is 2.83. The standard InChI is InChI=1S/C17H13FN6OS2/c1-9-15(27-17(19-9)14-4-3-7-26-14)16(25)20-13-8-11(5-6-12(13)18)24-10(2)21-22-23-24/h3-8H,1-2H3,(H,20,25). The fourth-order valence-corrected chi connectivity index (χ4v) is 4.26. The normalized spacial score (nSPS) is 10.9. The smallest absolute Gasteiger partial charge is 0.267 e. The van der Waals surface area contributed by atoms with Crippen LogP contribution in [0.5, 0.6) is 0 Å². The molecule has 1 amide bonds. The topological polar surface area (TPSA) is 85.6 Å². The Morgan fingerprint density at radius 3 is 2.81 bits per heavy atom. The van der Waals surface area contributed by atoms with Crippen molar-refractivity contribution in [3.63, 3.8) is 0 Å². The molecule has 4 rings (SSSR count). The molecule has 1 N–H and O–H groups in total. The van der Waals surface area contributed by atoms with Crippen molar-refractivity contribution >= 4 is 34.3 Å². The summed E-state index contributed by atoms with van der Waals surface area (Å²) in [5.41, 5.74) is 1.21. The number of nitrogens with one attached hydrogen (secondary N) is 1. The van der Waals surface area contributed by atoms with Crippen LogP contribution in [0.3, 0.4) is 0 Å². The maximum atomic E-state index is 14.2. The molecule has 0 fully saturated rings. The van der Waals surface area contributed by atoms with Crippen LogP contribution in [0.1, 0.15) is 21.2 Å². The van der Waals surface area contributed by atoms with E-state index in [9.17, 15) is 9.18 Å². The van der Waals surface area contributed by atoms with E-state index in [4.69, 9.17) is 0 Å². The number of tetrazole rings is 1. The van der Waals surface area contributed by atoms with E-state index in [0.717, 1.165) is 9.88 Å². The highest BCUT2D eigenvalue weighted by Gasteiger charge is 2.18. The zero-order valence-corrected chi connectivity index (χ0v) is 15.9. The van der Waals surface area contributed by atoms with Crippen molar-refractivity contribution in [2.24, 2.45) is 0 Å². The fraction of sp³-hybridized carbons (Fsp3) is 0.118. The number of amides is 1. The van der Waals surface area contributed by atoms with Crippen LogP contribution >= 0.6 is 22.7 Å². The van der Waals surface area contributed by atoms with Gasteiger partial charge in [0.2, 0.25) is 0 Å². The Kier molecular flexibility index (Phi) is 4.50. The van der Waals surface area contributed by atoms with Crippen LogP contribution in [-0.4, -0.2) is 31.1 Å². The van der Waals surface area contributed by atoms with Crippen molar-refractivity contribution in [2.45, 2.75) is 13.8 Å². The molecule has 4 aromatic rings. The molecule has 0 aliphatic carbocycles. The second kappa shape index (κ2) is 6.97. The highest BCUT2D eigenvalue weighted by atomic mass is 32.1. The number of benzene rings is 1. The Labute approximate surface area is 161 Å². The summed E-state index contributed by atoms with van der Waals surface area (Å²) in [6, 6.07) is 8.18. The Morgan fingerprint density at radius 2 is 2.11 bits per heavy atom. The van der Waals surface area contributed by atoms with E-state index < -0.39 is 11.7 Å². The van der Waals surface area contributed by atoms with Crippen molar-refractivity contribution in [2.75, 3.05) is 5.32 Å². The second-order valence-electron chi connectivity index (χ2n) is 5.67. The number of rotatable bonds is 4. The lowest BCUT2D eigenvalue weighted by atomic mass is 10.2. The monoisotopic (exact) mass is 400 g/mol. The molecule has 0 unspecified atom stereocenters. The van der Waals surface area contributed by atoms with E-state index in [-0.39, 0.29) is 5.69 Å². The molecule has 0 saturated carbocycles. The van der Waals surface area contributed by atoms with Crippen LogP contribution in [0.25, 0.3) is 15.6 Å². The lowest BCUT2D eigenvalue weighted by Crippen LogP contribution is -2.13. The maximum Gasteiger partial charge on any atom is 0.267 e. The van der Waals surface area contributed by atoms with Crippen LogP contribution in [0, 0.1) is 19.7 Å². The molecule has 7 nitrogen and oxygen atoms in total. The van der Waals surface area contributed by atoms with Gasteiger partial charge in [-0.15, -0.1) is 27.8 Å². The van der Waals surface area contributed by atoms with Gasteiger partial charge in [0.1, 0.15) is 15.7 Å². The number of hydrogen-bond acceptors (Lipinski definition) is 7. The molecule has 0 aliphatic heterocycles. The van der Waals surface area contributed by atoms with Crippen LogP contribution < -0.4 is 5.32 Å². The minimum Gasteiger partial charge on any atom is -0.319 e. The van der Waals surface area contributed by atoms with Crippen molar-refractivity contribution < 1.29 is 9.18 Å². The molecule has 0 atom stereocenters. The molecular formula is C17H13FN6OS2. The van der Waals surface area contributed by atoms with E-state index in [1.807, 2.05) is 17.5 Å². The van der Waals surface area contributed by atoms with Gasteiger partial charge in [-0.1, -0.05) is 6.07 Å². The summed E-state index contributed by atoms with van der Waals surface area (Å²) in [6.07, 6.45) is 0. The average Bonchev–Trinajstić information content (AvgIpc) is 3.37. The van der Waals surface area contributed by atoms with E-state index in [2.05, 4.69) is 25.8 Å². The van der Waals surface area contributed by atoms with Gasteiger partial charge in [0.05, 0.1) is 21.9 Å². The number of aromatic nitrogens is 5. The third-order valence-electron chi connectivity index (χ3n) is 3.80.